The first-order valence-electron chi connectivity index (χ1n) is 4.94. The minimum Gasteiger partial charge on any atom is -0.383 e. The molecule has 3 heteroatoms. The molecule has 13 heavy (non-hydrogen) atoms. The van der Waals surface area contributed by atoms with E-state index in [1.165, 1.54) is 0 Å². The Hall–Kier alpha value is -0.590. The molecule has 0 aromatic rings. The van der Waals surface area contributed by atoms with Crippen LogP contribution in [0.2, 0.25) is 0 Å². The maximum absolute atomic E-state index is 8.91. The van der Waals surface area contributed by atoms with Gasteiger partial charge in [-0.15, -0.1) is 0 Å². The summed E-state index contributed by atoms with van der Waals surface area (Å²) in [6.45, 7) is 6.46. The van der Waals surface area contributed by atoms with Crippen LogP contribution in [0.5, 0.6) is 0 Å². The van der Waals surface area contributed by atoms with Gasteiger partial charge >= 0.3 is 0 Å². The highest BCUT2D eigenvalue weighted by Crippen LogP contribution is 2.27. The Labute approximate surface area is 81.1 Å². The molecule has 0 aromatic heterocycles. The summed E-state index contributed by atoms with van der Waals surface area (Å²) < 4.78 is 5.03. The summed E-state index contributed by atoms with van der Waals surface area (Å²) >= 11 is 0. The minimum atomic E-state index is -0.208. The molecule has 0 aromatic carbocycles. The Morgan fingerprint density at radius 1 is 1.38 bits per heavy atom. The second-order valence-corrected chi connectivity index (χ2v) is 3.08. The minimum absolute atomic E-state index is 0.208. The molecule has 1 rings (SSSR count). The summed E-state index contributed by atoms with van der Waals surface area (Å²) in [5, 5.41) is 12.1. The SMILES string of the molecule is CC.COCC1(C#N)CCNCC1. The molecule has 1 aliphatic heterocycles. The van der Waals surface area contributed by atoms with Gasteiger partial charge in [-0.1, -0.05) is 13.8 Å². The molecular weight excluding hydrogens is 164 g/mol. The molecule has 0 radical (unpaired) electrons. The fourth-order valence-corrected chi connectivity index (χ4v) is 1.47. The fourth-order valence-electron chi connectivity index (χ4n) is 1.47. The van der Waals surface area contributed by atoms with E-state index in [0.717, 1.165) is 25.9 Å². The van der Waals surface area contributed by atoms with Gasteiger partial charge in [0.05, 0.1) is 18.1 Å². The van der Waals surface area contributed by atoms with Gasteiger partial charge in [0.25, 0.3) is 0 Å². The summed E-state index contributed by atoms with van der Waals surface area (Å²) in [7, 11) is 1.65. The van der Waals surface area contributed by atoms with Crippen molar-refractivity contribution in [1.82, 2.24) is 5.32 Å². The van der Waals surface area contributed by atoms with Crippen molar-refractivity contribution < 1.29 is 4.74 Å². The highest BCUT2D eigenvalue weighted by atomic mass is 16.5. The lowest BCUT2D eigenvalue weighted by Gasteiger charge is -2.30. The topological polar surface area (TPSA) is 45.0 Å². The molecule has 0 bridgehead atoms. The summed E-state index contributed by atoms with van der Waals surface area (Å²) in [6, 6.07) is 2.35. The van der Waals surface area contributed by atoms with Crippen LogP contribution in [-0.2, 0) is 4.74 Å². The normalized spacial score (nSPS) is 19.5. The molecule has 1 fully saturated rings. The second kappa shape index (κ2) is 6.88. The molecule has 0 aliphatic carbocycles. The van der Waals surface area contributed by atoms with Crippen LogP contribution in [0, 0.1) is 16.7 Å². The van der Waals surface area contributed by atoms with Crippen molar-refractivity contribution in [3.8, 4) is 6.07 Å². The molecule has 1 heterocycles. The van der Waals surface area contributed by atoms with Crippen LogP contribution in [0.1, 0.15) is 26.7 Å². The Morgan fingerprint density at radius 3 is 2.31 bits per heavy atom. The van der Waals surface area contributed by atoms with Crippen molar-refractivity contribution in [2.75, 3.05) is 26.8 Å². The van der Waals surface area contributed by atoms with Gasteiger partial charge in [-0.25, -0.2) is 0 Å². The first kappa shape index (κ1) is 12.4. The van der Waals surface area contributed by atoms with Crippen molar-refractivity contribution in [1.29, 1.82) is 5.26 Å². The van der Waals surface area contributed by atoms with Gasteiger partial charge in [0, 0.05) is 7.11 Å². The van der Waals surface area contributed by atoms with Crippen molar-refractivity contribution in [2.24, 2.45) is 5.41 Å². The van der Waals surface area contributed by atoms with Crippen LogP contribution in [0.15, 0.2) is 0 Å². The third kappa shape index (κ3) is 3.75. The second-order valence-electron chi connectivity index (χ2n) is 3.08. The lowest BCUT2D eigenvalue weighted by Crippen LogP contribution is -2.38. The van der Waals surface area contributed by atoms with Gasteiger partial charge < -0.3 is 10.1 Å². The van der Waals surface area contributed by atoms with Crippen molar-refractivity contribution in [3.05, 3.63) is 0 Å². The molecule has 0 atom stereocenters. The van der Waals surface area contributed by atoms with Crippen LogP contribution in [0.3, 0.4) is 0 Å². The molecule has 0 amide bonds. The Balaban J connectivity index is 0.000000671. The van der Waals surface area contributed by atoms with E-state index in [1.807, 2.05) is 13.8 Å². The Morgan fingerprint density at radius 2 is 1.92 bits per heavy atom. The van der Waals surface area contributed by atoms with Gasteiger partial charge in [0.15, 0.2) is 0 Å². The monoisotopic (exact) mass is 184 g/mol. The largest absolute Gasteiger partial charge is 0.383 e. The summed E-state index contributed by atoms with van der Waals surface area (Å²) in [6.07, 6.45) is 1.83. The zero-order valence-electron chi connectivity index (χ0n) is 8.89. The zero-order chi connectivity index (χ0) is 10.2. The van der Waals surface area contributed by atoms with E-state index < -0.39 is 0 Å². The number of hydrogen-bond acceptors (Lipinski definition) is 3. The lowest BCUT2D eigenvalue weighted by atomic mass is 9.81. The van der Waals surface area contributed by atoms with E-state index in [9.17, 15) is 0 Å². The Kier molecular flexibility index (Phi) is 6.56. The van der Waals surface area contributed by atoms with Crippen LogP contribution < -0.4 is 5.32 Å². The predicted octanol–water partition coefficient (Wildman–Crippen LogP) is 1.55. The molecule has 1 aliphatic rings. The van der Waals surface area contributed by atoms with Crippen LogP contribution in [-0.4, -0.2) is 26.8 Å². The van der Waals surface area contributed by atoms with Crippen molar-refractivity contribution in [3.63, 3.8) is 0 Å². The smallest absolute Gasteiger partial charge is 0.0830 e. The number of methoxy groups -OCH3 is 1. The van der Waals surface area contributed by atoms with Crippen LogP contribution in [0.25, 0.3) is 0 Å². The maximum atomic E-state index is 8.91. The summed E-state index contributed by atoms with van der Waals surface area (Å²) in [5.74, 6) is 0. The molecule has 0 spiro atoms. The molecule has 3 nitrogen and oxygen atoms in total. The first-order chi connectivity index (χ1) is 6.33. The van der Waals surface area contributed by atoms with Crippen LogP contribution in [0.4, 0.5) is 0 Å². The fraction of sp³-hybridized carbons (Fsp3) is 0.900. The first-order valence-corrected chi connectivity index (χ1v) is 4.94. The van der Waals surface area contributed by atoms with E-state index in [1.54, 1.807) is 7.11 Å². The average Bonchev–Trinajstić information content (AvgIpc) is 2.23. The number of hydrogen-bond donors (Lipinski definition) is 1. The van der Waals surface area contributed by atoms with E-state index in [4.69, 9.17) is 10.00 Å². The van der Waals surface area contributed by atoms with Crippen molar-refractivity contribution in [2.45, 2.75) is 26.7 Å². The highest BCUT2D eigenvalue weighted by Gasteiger charge is 2.31. The number of rotatable bonds is 2. The maximum Gasteiger partial charge on any atom is 0.0830 e. The predicted molar refractivity (Wildman–Crippen MR) is 53.4 cm³/mol. The van der Waals surface area contributed by atoms with Gasteiger partial charge in [0.2, 0.25) is 0 Å². The standard InChI is InChI=1S/C8H14N2O.C2H6/c1-11-7-8(6-9)2-4-10-5-3-8;1-2/h10H,2-5,7H2,1H3;1-2H3. The zero-order valence-corrected chi connectivity index (χ0v) is 8.89. The number of nitrogens with one attached hydrogen (secondary N) is 1. The molecule has 1 N–H and O–H groups in total. The third-order valence-corrected chi connectivity index (χ3v) is 2.22. The lowest BCUT2D eigenvalue weighted by molar-refractivity contribution is 0.0937. The third-order valence-electron chi connectivity index (χ3n) is 2.22. The number of nitriles is 1. The Bertz CT molecular complexity index is 151. The van der Waals surface area contributed by atoms with Gasteiger partial charge in [0.1, 0.15) is 0 Å². The summed E-state index contributed by atoms with van der Waals surface area (Å²) in [5.41, 5.74) is -0.208. The van der Waals surface area contributed by atoms with Crippen molar-refractivity contribution >= 4 is 0 Å². The molecular formula is C10H20N2O. The summed E-state index contributed by atoms with van der Waals surface area (Å²) in [4.78, 5) is 0. The molecule has 0 saturated carbocycles. The van der Waals surface area contributed by atoms with Gasteiger partial charge in [-0.3, -0.25) is 0 Å². The number of nitrogens with zero attached hydrogens (tertiary/aromatic N) is 1. The van der Waals surface area contributed by atoms with Crippen LogP contribution >= 0.6 is 0 Å². The molecule has 0 unspecified atom stereocenters. The van der Waals surface area contributed by atoms with E-state index in [2.05, 4.69) is 11.4 Å². The van der Waals surface area contributed by atoms with E-state index in [-0.39, 0.29) is 5.41 Å². The van der Waals surface area contributed by atoms with E-state index in [0.29, 0.717) is 6.61 Å². The molecule has 76 valence electrons. The number of piperidine rings is 1. The number of ether oxygens (including phenoxy) is 1. The average molecular weight is 184 g/mol. The van der Waals surface area contributed by atoms with Gasteiger partial charge in [-0.05, 0) is 25.9 Å². The molecule has 1 saturated heterocycles. The quantitative estimate of drug-likeness (QED) is 0.708. The van der Waals surface area contributed by atoms with Gasteiger partial charge in [-0.2, -0.15) is 5.26 Å². The van der Waals surface area contributed by atoms with E-state index >= 15 is 0 Å². The highest BCUT2D eigenvalue weighted by molar-refractivity contribution is 5.01.